The van der Waals surface area contributed by atoms with E-state index in [0.717, 1.165) is 9.80 Å². The first-order chi connectivity index (χ1) is 41.2. The van der Waals surface area contributed by atoms with Crippen LogP contribution in [0.25, 0.3) is 0 Å². The number of nitrogens with one attached hydrogen (secondary N) is 5. The van der Waals surface area contributed by atoms with Crippen LogP contribution in [0.2, 0.25) is 18.1 Å². The molecule has 5 N–H and O–H groups in total. The molecule has 516 valence electrons. The van der Waals surface area contributed by atoms with Gasteiger partial charge < -0.3 is 59.9 Å². The summed E-state index contributed by atoms with van der Waals surface area (Å²) in [5, 5.41) is 12.2. The van der Waals surface area contributed by atoms with Crippen LogP contribution in [0.15, 0.2) is 12.3 Å². The summed E-state index contributed by atoms with van der Waals surface area (Å²) in [6, 6.07) is -10.4. The summed E-state index contributed by atoms with van der Waals surface area (Å²) in [6.45, 7) is 41.0. The fourth-order valence-corrected chi connectivity index (χ4v) is 11.5. The second-order valence-corrected chi connectivity index (χ2v) is 33.1. The number of carbonyl (C=O) groups excluding carboxylic acids is 12. The smallest absolute Gasteiger partial charge is 0.321 e. The molecular weight excluding hydrogens is 1170 g/mol. The fraction of sp³-hybridized carbons (Fsp3) is 0.785. The largest absolute Gasteiger partial charge is 0.411 e. The quantitative estimate of drug-likeness (QED) is 0.0276. The van der Waals surface area contributed by atoms with Crippen LogP contribution >= 0.6 is 0 Å². The van der Waals surface area contributed by atoms with Gasteiger partial charge in [0.2, 0.25) is 53.2 Å². The highest BCUT2D eigenvalue weighted by Crippen LogP contribution is 2.39. The van der Waals surface area contributed by atoms with Gasteiger partial charge in [-0.1, -0.05) is 124 Å². The lowest BCUT2D eigenvalue weighted by molar-refractivity contribution is -0.156. The molecule has 0 fully saturated rings. The summed E-state index contributed by atoms with van der Waals surface area (Å²) in [7, 11) is 7.10. The van der Waals surface area contributed by atoms with Gasteiger partial charge in [-0.2, -0.15) is 0 Å². The number of rotatable bonds is 36. The van der Waals surface area contributed by atoms with E-state index in [1.54, 1.807) is 48.6 Å². The molecule has 90 heavy (non-hydrogen) atoms. The van der Waals surface area contributed by atoms with Gasteiger partial charge in [0.25, 0.3) is 5.91 Å². The summed E-state index contributed by atoms with van der Waals surface area (Å²) >= 11 is 0. The van der Waals surface area contributed by atoms with Crippen molar-refractivity contribution in [3.8, 4) is 0 Å². The van der Waals surface area contributed by atoms with Crippen LogP contribution in [-0.4, -0.2) is 213 Å². The van der Waals surface area contributed by atoms with E-state index in [-0.39, 0.29) is 67.4 Å². The SMILES string of the molecule is C=C(C(=O)N(C)[C@@H](CC(C)C)C(=O)N[C@H](C(=O)N(C)[C@@H](CC(C)C)C(=O)N[C@H](C)C(=O)NC(=O)NC)C(C)C)N(C)C(=O)[C@H](CC)NC(=O)[C@H]([C@H](O[Si](C)(C)C(C)(C)C)[C@H](C)CC=O)N(C)C(=O)[C@H](C(C)C)N(C)C(=O)[C@H](CC(C)C)N(C)C(=O)CCC(C)C. The van der Waals surface area contributed by atoms with Gasteiger partial charge in [0.15, 0.2) is 8.32 Å². The van der Waals surface area contributed by atoms with Crippen LogP contribution in [0.1, 0.15) is 170 Å². The molecule has 25 heteroatoms. The van der Waals surface area contributed by atoms with Gasteiger partial charge in [-0.05, 0) is 98.6 Å². The molecular formula is C65H119N11O13Si. The molecule has 0 aromatic carbocycles. The van der Waals surface area contributed by atoms with E-state index in [1.165, 1.54) is 68.8 Å². The van der Waals surface area contributed by atoms with Gasteiger partial charge >= 0.3 is 6.03 Å². The summed E-state index contributed by atoms with van der Waals surface area (Å²) in [6.07, 6.45) is 0.942. The maximum absolute atomic E-state index is 15.4. The fourth-order valence-electron chi connectivity index (χ4n) is 10.1. The number of amides is 12. The van der Waals surface area contributed by atoms with Gasteiger partial charge in [-0.25, -0.2) is 4.79 Å². The molecule has 0 aliphatic heterocycles. The Hall–Kier alpha value is -6.24. The topological polar surface area (TPSA) is 294 Å². The van der Waals surface area contributed by atoms with Crippen molar-refractivity contribution in [2.24, 2.45) is 41.4 Å². The minimum atomic E-state index is -2.86. The Balaban J connectivity index is 7.54. The molecule has 0 bridgehead atoms. The van der Waals surface area contributed by atoms with E-state index in [1.807, 2.05) is 89.3 Å². The highest BCUT2D eigenvalue weighted by Gasteiger charge is 2.49. The Labute approximate surface area is 540 Å². The molecule has 0 aliphatic rings. The Bertz CT molecular complexity index is 2480. The number of urea groups is 1. The van der Waals surface area contributed by atoms with Crippen molar-refractivity contribution in [2.75, 3.05) is 49.3 Å². The number of aldehydes is 1. The zero-order valence-electron chi connectivity index (χ0n) is 60.0. The molecule has 0 unspecified atom stereocenters. The first-order valence-electron chi connectivity index (χ1n) is 32.0. The molecule has 24 nitrogen and oxygen atoms in total. The molecule has 0 radical (unpaired) electrons. The van der Waals surface area contributed by atoms with Crippen molar-refractivity contribution in [3.63, 3.8) is 0 Å². The van der Waals surface area contributed by atoms with Crippen LogP contribution in [0.5, 0.6) is 0 Å². The monoisotopic (exact) mass is 1290 g/mol. The molecule has 0 aromatic rings. The molecule has 10 atom stereocenters. The zero-order chi connectivity index (χ0) is 70.5. The Morgan fingerprint density at radius 2 is 1.03 bits per heavy atom. The minimum absolute atomic E-state index is 0.00527. The van der Waals surface area contributed by atoms with Gasteiger partial charge in [0, 0.05) is 62.2 Å². The predicted molar refractivity (Wildman–Crippen MR) is 353 cm³/mol. The molecule has 0 saturated heterocycles. The van der Waals surface area contributed by atoms with Crippen LogP contribution in [0.4, 0.5) is 4.79 Å². The third kappa shape index (κ3) is 24.4. The van der Waals surface area contributed by atoms with E-state index in [9.17, 15) is 47.9 Å². The normalized spacial score (nSPS) is 15.3. The maximum Gasteiger partial charge on any atom is 0.321 e. The van der Waals surface area contributed by atoms with Crippen molar-refractivity contribution >= 4 is 79.7 Å². The Morgan fingerprint density at radius 1 is 0.556 bits per heavy atom. The average molecular weight is 1290 g/mol. The number of hydrogen-bond acceptors (Lipinski definition) is 13. The number of nitrogens with zero attached hydrogens (tertiary/aromatic N) is 6. The first kappa shape index (κ1) is 83.8. The Morgan fingerprint density at radius 3 is 1.47 bits per heavy atom. The van der Waals surface area contributed by atoms with Gasteiger partial charge in [0.1, 0.15) is 60.3 Å². The van der Waals surface area contributed by atoms with Crippen molar-refractivity contribution in [1.82, 2.24) is 56.0 Å². The van der Waals surface area contributed by atoms with E-state index < -0.39 is 145 Å². The van der Waals surface area contributed by atoms with Crippen LogP contribution in [0.3, 0.4) is 0 Å². The highest BCUT2D eigenvalue weighted by molar-refractivity contribution is 6.74. The van der Waals surface area contributed by atoms with E-state index in [0.29, 0.717) is 19.1 Å². The molecule has 0 saturated carbocycles. The summed E-state index contributed by atoms with van der Waals surface area (Å²) in [5.74, 6) is -8.29. The van der Waals surface area contributed by atoms with E-state index in [2.05, 4.69) is 33.2 Å². The van der Waals surface area contributed by atoms with Crippen LogP contribution < -0.4 is 26.6 Å². The molecule has 12 amide bonds. The van der Waals surface area contributed by atoms with Crippen molar-refractivity contribution in [2.45, 2.75) is 242 Å². The van der Waals surface area contributed by atoms with Crippen molar-refractivity contribution in [3.05, 3.63) is 12.3 Å². The first-order valence-corrected chi connectivity index (χ1v) is 35.0. The summed E-state index contributed by atoms with van der Waals surface area (Å²) in [4.78, 5) is 176. The third-order valence-corrected chi connectivity index (χ3v) is 21.6. The van der Waals surface area contributed by atoms with Crippen LogP contribution in [-0.2, 0) is 57.2 Å². The molecule has 0 aromatic heterocycles. The molecule has 0 aliphatic carbocycles. The second-order valence-electron chi connectivity index (χ2n) is 28.3. The molecule has 0 spiro atoms. The molecule has 0 heterocycles. The number of likely N-dealkylation sites (N-methyl/N-ethyl adjacent to an activating group) is 6. The summed E-state index contributed by atoms with van der Waals surface area (Å²) < 4.78 is 7.06. The Kier molecular flexibility index (Phi) is 34.7. The highest BCUT2D eigenvalue weighted by atomic mass is 28.4. The van der Waals surface area contributed by atoms with Crippen LogP contribution in [0, 0.1) is 41.4 Å². The van der Waals surface area contributed by atoms with Gasteiger partial charge in [0.05, 0.1) is 6.10 Å². The van der Waals surface area contributed by atoms with Gasteiger partial charge in [-0.15, -0.1) is 0 Å². The predicted octanol–water partition coefficient (Wildman–Crippen LogP) is 5.94. The number of carbonyl (C=O) groups is 12. The van der Waals surface area contributed by atoms with Gasteiger partial charge in [-0.3, -0.25) is 53.3 Å². The van der Waals surface area contributed by atoms with Crippen molar-refractivity contribution in [1.29, 1.82) is 0 Å². The van der Waals surface area contributed by atoms with E-state index >= 15 is 9.59 Å². The average Bonchev–Trinajstić information content (AvgIpc) is 1.34. The maximum atomic E-state index is 15.4. The van der Waals surface area contributed by atoms with Crippen molar-refractivity contribution < 1.29 is 62.0 Å². The zero-order valence-corrected chi connectivity index (χ0v) is 61.0. The lowest BCUT2D eigenvalue weighted by Crippen LogP contribution is -2.64. The minimum Gasteiger partial charge on any atom is -0.411 e. The lowest BCUT2D eigenvalue weighted by atomic mass is 9.92. The lowest BCUT2D eigenvalue weighted by Gasteiger charge is -2.46. The molecule has 0 rings (SSSR count). The summed E-state index contributed by atoms with van der Waals surface area (Å²) in [5.41, 5.74) is -0.369. The number of imide groups is 1. The standard InChI is InChI=1S/C65H119N11O13Si/c1-29-46(60(84)71(21)45(16)59(83)73(23)48(35-39(6)7)57(81)69-51(41(10)11)62(86)74(24)47(34-38(4)5)56(80)67-44(15)55(79)70-64(88)66-20)68-58(82)53(54(43(14)32-33-77)89-90(27,28)65(17,18)19)76(26)63(87)52(42(12)13)75(25)61(85)49(36-40(8)9)72(22)50(78)31-30-37(2)3/h33,37-44,46-49,51-54H,16,29-32,34-36H2,1-15,17-28H3,(H,67,80)(H,68,82)(H,69,81)(H2,66,70,79,88)/t43-,44-,46+,47+,48+,49+,51+,52+,53+,54-/m1/s1. The van der Waals surface area contributed by atoms with E-state index in [4.69, 9.17) is 4.43 Å². The number of hydrogen-bond donors (Lipinski definition) is 5. The third-order valence-electron chi connectivity index (χ3n) is 17.1. The second kappa shape index (κ2) is 37.3.